The van der Waals surface area contributed by atoms with Crippen LogP contribution in [0.1, 0.15) is 5.56 Å². The van der Waals surface area contributed by atoms with Crippen LogP contribution in [0.5, 0.6) is 5.75 Å². The third kappa shape index (κ3) is 3.70. The van der Waals surface area contributed by atoms with E-state index in [1.54, 1.807) is 24.3 Å². The zero-order valence-electron chi connectivity index (χ0n) is 13.8. The highest BCUT2D eigenvalue weighted by Crippen LogP contribution is 2.32. The molecule has 0 saturated carbocycles. The molecule has 0 aliphatic rings. The van der Waals surface area contributed by atoms with Crippen LogP contribution in [-0.2, 0) is 16.6 Å². The molecule has 2 aromatic carbocycles. The lowest BCUT2D eigenvalue weighted by molar-refractivity contribution is 0.275. The number of sulfonamides is 1. The average molecular weight is 391 g/mol. The first kappa shape index (κ1) is 18.3. The van der Waals surface area contributed by atoms with Gasteiger partial charge in [-0.05, 0) is 42.5 Å². The fourth-order valence-corrected chi connectivity index (χ4v) is 3.73. The number of aromatic hydroxyl groups is 1. The predicted octanol–water partition coefficient (Wildman–Crippen LogP) is 2.42. The number of aliphatic hydroxyl groups excluding tert-OH is 1. The van der Waals surface area contributed by atoms with Crippen molar-refractivity contribution in [3.05, 3.63) is 53.4 Å². The molecule has 0 spiro atoms. The highest BCUT2D eigenvalue weighted by atomic mass is 32.2. The third-order valence-corrected chi connectivity index (χ3v) is 5.72. The minimum Gasteiger partial charge on any atom is -0.508 e. The molecule has 26 heavy (non-hydrogen) atoms. The fraction of sp³-hybridized carbons (Fsp3) is 0.118. The maximum atomic E-state index is 11.3. The standard InChI is InChI=1S/C17H17N3O4S2/c1-20(13-3-5-14(6-4-13)26(18,23)24)17-19-15(10-25-17)11-2-7-16(22)12(8-11)9-21/h2-8,10,21-22H,9H2,1H3,(H2,18,23,24). The van der Waals surface area contributed by atoms with Crippen molar-refractivity contribution < 1.29 is 18.6 Å². The first-order valence-electron chi connectivity index (χ1n) is 7.55. The number of nitrogens with zero attached hydrogens (tertiary/aromatic N) is 2. The number of aromatic nitrogens is 1. The Morgan fingerprint density at radius 3 is 2.50 bits per heavy atom. The van der Waals surface area contributed by atoms with Gasteiger partial charge in [0.25, 0.3) is 0 Å². The van der Waals surface area contributed by atoms with Crippen molar-refractivity contribution in [3.8, 4) is 17.0 Å². The van der Waals surface area contributed by atoms with E-state index in [0.717, 1.165) is 11.3 Å². The van der Waals surface area contributed by atoms with E-state index < -0.39 is 10.0 Å². The van der Waals surface area contributed by atoms with E-state index in [9.17, 15) is 18.6 Å². The van der Waals surface area contributed by atoms with Gasteiger partial charge in [-0.25, -0.2) is 18.5 Å². The van der Waals surface area contributed by atoms with Crippen molar-refractivity contribution in [3.63, 3.8) is 0 Å². The number of rotatable bonds is 5. The lowest BCUT2D eigenvalue weighted by Crippen LogP contribution is -2.13. The summed E-state index contributed by atoms with van der Waals surface area (Å²) in [7, 11) is -1.90. The van der Waals surface area contributed by atoms with Gasteiger partial charge in [0.15, 0.2) is 5.13 Å². The number of hydrogen-bond donors (Lipinski definition) is 3. The summed E-state index contributed by atoms with van der Waals surface area (Å²) in [6.07, 6.45) is 0. The van der Waals surface area contributed by atoms with Crippen molar-refractivity contribution in [2.24, 2.45) is 5.14 Å². The summed E-state index contributed by atoms with van der Waals surface area (Å²) in [6.45, 7) is -0.257. The van der Waals surface area contributed by atoms with Crippen LogP contribution in [0.4, 0.5) is 10.8 Å². The maximum absolute atomic E-state index is 11.3. The predicted molar refractivity (Wildman–Crippen MR) is 101 cm³/mol. The molecule has 136 valence electrons. The topological polar surface area (TPSA) is 117 Å². The highest BCUT2D eigenvalue weighted by molar-refractivity contribution is 7.89. The first-order valence-corrected chi connectivity index (χ1v) is 9.97. The Labute approximate surface area is 155 Å². The molecular formula is C17H17N3O4S2. The van der Waals surface area contributed by atoms with E-state index in [1.807, 2.05) is 17.3 Å². The van der Waals surface area contributed by atoms with Crippen LogP contribution < -0.4 is 10.0 Å². The van der Waals surface area contributed by atoms with E-state index in [0.29, 0.717) is 16.4 Å². The van der Waals surface area contributed by atoms with Crippen LogP contribution >= 0.6 is 11.3 Å². The summed E-state index contributed by atoms with van der Waals surface area (Å²) >= 11 is 1.42. The lowest BCUT2D eigenvalue weighted by Gasteiger charge is -2.16. The van der Waals surface area contributed by atoms with E-state index in [-0.39, 0.29) is 17.3 Å². The Kier molecular flexibility index (Phi) is 4.97. The van der Waals surface area contributed by atoms with E-state index in [2.05, 4.69) is 4.98 Å². The van der Waals surface area contributed by atoms with Crippen LogP contribution in [0.25, 0.3) is 11.3 Å². The Morgan fingerprint density at radius 1 is 1.19 bits per heavy atom. The molecule has 0 aliphatic carbocycles. The monoisotopic (exact) mass is 391 g/mol. The van der Waals surface area contributed by atoms with Crippen molar-refractivity contribution >= 4 is 32.2 Å². The smallest absolute Gasteiger partial charge is 0.238 e. The van der Waals surface area contributed by atoms with Crippen molar-refractivity contribution in [2.45, 2.75) is 11.5 Å². The largest absolute Gasteiger partial charge is 0.508 e. The number of primary sulfonamides is 1. The van der Waals surface area contributed by atoms with Crippen LogP contribution in [0.3, 0.4) is 0 Å². The average Bonchev–Trinajstić information content (AvgIpc) is 3.11. The molecule has 1 heterocycles. The summed E-state index contributed by atoms with van der Waals surface area (Å²) in [5.74, 6) is 0.0405. The molecule has 7 nitrogen and oxygen atoms in total. The highest BCUT2D eigenvalue weighted by Gasteiger charge is 2.13. The van der Waals surface area contributed by atoms with Gasteiger partial charge in [0.2, 0.25) is 10.0 Å². The lowest BCUT2D eigenvalue weighted by atomic mass is 10.1. The van der Waals surface area contributed by atoms with Gasteiger partial charge in [-0.3, -0.25) is 0 Å². The number of benzene rings is 2. The summed E-state index contributed by atoms with van der Waals surface area (Å²) in [4.78, 5) is 6.45. The first-order chi connectivity index (χ1) is 12.3. The molecule has 0 unspecified atom stereocenters. The molecule has 1 aromatic heterocycles. The molecule has 0 aliphatic heterocycles. The number of aliphatic hydroxyl groups is 1. The fourth-order valence-electron chi connectivity index (χ4n) is 2.39. The molecular weight excluding hydrogens is 374 g/mol. The molecule has 9 heteroatoms. The second-order valence-electron chi connectivity index (χ2n) is 5.61. The molecule has 0 atom stereocenters. The molecule has 0 saturated heterocycles. The van der Waals surface area contributed by atoms with Crippen LogP contribution in [-0.4, -0.2) is 30.7 Å². The van der Waals surface area contributed by atoms with Gasteiger partial charge in [-0.15, -0.1) is 11.3 Å². The molecule has 3 rings (SSSR count). The molecule has 0 fully saturated rings. The number of nitrogens with two attached hydrogens (primary N) is 1. The van der Waals surface area contributed by atoms with Gasteiger partial charge in [-0.1, -0.05) is 0 Å². The molecule has 0 bridgehead atoms. The van der Waals surface area contributed by atoms with Gasteiger partial charge in [-0.2, -0.15) is 0 Å². The molecule has 0 amide bonds. The SMILES string of the molecule is CN(c1ccc(S(N)(=O)=O)cc1)c1nc(-c2ccc(O)c(CO)c2)cs1. The van der Waals surface area contributed by atoms with Crippen LogP contribution in [0.2, 0.25) is 0 Å². The van der Waals surface area contributed by atoms with E-state index in [1.165, 1.54) is 29.5 Å². The Morgan fingerprint density at radius 2 is 1.88 bits per heavy atom. The second kappa shape index (κ2) is 7.04. The number of hydrogen-bond acceptors (Lipinski definition) is 7. The Bertz CT molecular complexity index is 1030. The van der Waals surface area contributed by atoms with Gasteiger partial charge >= 0.3 is 0 Å². The van der Waals surface area contributed by atoms with E-state index >= 15 is 0 Å². The molecule has 3 aromatic rings. The van der Waals surface area contributed by atoms with Crippen molar-refractivity contribution in [1.29, 1.82) is 0 Å². The second-order valence-corrected chi connectivity index (χ2v) is 8.01. The minimum absolute atomic E-state index is 0.0405. The molecule has 4 N–H and O–H groups in total. The van der Waals surface area contributed by atoms with Gasteiger partial charge in [0.05, 0.1) is 17.2 Å². The van der Waals surface area contributed by atoms with Crippen LogP contribution in [0, 0.1) is 0 Å². The van der Waals surface area contributed by atoms with E-state index in [4.69, 9.17) is 5.14 Å². The summed E-state index contributed by atoms with van der Waals surface area (Å²) in [5, 5.41) is 26.6. The Hall–Kier alpha value is -2.46. The van der Waals surface area contributed by atoms with Crippen molar-refractivity contribution in [1.82, 2.24) is 4.98 Å². The summed E-state index contributed by atoms with van der Waals surface area (Å²) in [5.41, 5.74) is 2.70. The minimum atomic E-state index is -3.72. The number of phenols is 1. The Balaban J connectivity index is 1.87. The van der Waals surface area contributed by atoms with Crippen LogP contribution in [0.15, 0.2) is 52.7 Å². The van der Waals surface area contributed by atoms with Crippen molar-refractivity contribution in [2.75, 3.05) is 11.9 Å². The number of thiazole rings is 1. The zero-order chi connectivity index (χ0) is 18.9. The van der Waals surface area contributed by atoms with Gasteiger partial charge < -0.3 is 15.1 Å². The number of anilines is 2. The zero-order valence-corrected chi connectivity index (χ0v) is 15.5. The van der Waals surface area contributed by atoms with Gasteiger partial charge in [0.1, 0.15) is 5.75 Å². The summed E-state index contributed by atoms with van der Waals surface area (Å²) < 4.78 is 22.7. The molecule has 0 radical (unpaired) electrons. The quantitative estimate of drug-likeness (QED) is 0.615. The van der Waals surface area contributed by atoms with Gasteiger partial charge in [0, 0.05) is 29.2 Å². The summed E-state index contributed by atoms with van der Waals surface area (Å²) in [6, 6.07) is 11.2. The normalized spacial score (nSPS) is 11.5. The third-order valence-electron chi connectivity index (χ3n) is 3.88. The maximum Gasteiger partial charge on any atom is 0.238 e.